The third-order valence-electron chi connectivity index (χ3n) is 3.83. The number of nitrogens with one attached hydrogen (secondary N) is 2. The molecule has 1 aliphatic rings. The summed E-state index contributed by atoms with van der Waals surface area (Å²) in [5.74, 6) is 0.472. The van der Waals surface area contributed by atoms with Crippen LogP contribution in [0.1, 0.15) is 28.8 Å². The molecule has 0 bridgehead atoms. The van der Waals surface area contributed by atoms with E-state index >= 15 is 0 Å². The molecule has 1 heterocycles. The van der Waals surface area contributed by atoms with E-state index in [-0.39, 0.29) is 29.9 Å². The Bertz CT molecular complexity index is 528. The molecule has 1 atom stereocenters. The Labute approximate surface area is 160 Å². The van der Waals surface area contributed by atoms with Crippen LogP contribution in [-0.2, 0) is 15.9 Å². The molecule has 134 valence electrons. The maximum atomic E-state index is 11.4. The lowest BCUT2D eigenvalue weighted by molar-refractivity contribution is 0.0600. The molecule has 0 aliphatic carbocycles. The van der Waals surface area contributed by atoms with Crippen molar-refractivity contribution < 1.29 is 14.3 Å². The van der Waals surface area contributed by atoms with E-state index in [4.69, 9.17) is 4.74 Å². The Morgan fingerprint density at radius 3 is 2.67 bits per heavy atom. The fourth-order valence-electron chi connectivity index (χ4n) is 2.49. The number of carbonyl (C=O) groups excluding carboxylic acids is 1. The number of methoxy groups -OCH3 is 1. The Morgan fingerprint density at radius 1 is 1.33 bits per heavy atom. The standard InChI is InChI=1S/C17H25N3O3.HI/c1-18-17(20-12-15-4-3-11-23-15)19-10-9-13-5-7-14(8-6-13)16(21)22-2;/h5-8,15H,3-4,9-12H2,1-2H3,(H2,18,19,20);1H. The first-order valence-corrected chi connectivity index (χ1v) is 7.96. The second-order valence-electron chi connectivity index (χ2n) is 5.45. The van der Waals surface area contributed by atoms with E-state index in [0.717, 1.165) is 50.5 Å². The Kier molecular flexibility index (Phi) is 9.70. The summed E-state index contributed by atoms with van der Waals surface area (Å²) in [6.07, 6.45) is 3.39. The van der Waals surface area contributed by atoms with Gasteiger partial charge in [-0.3, -0.25) is 4.99 Å². The predicted octanol–water partition coefficient (Wildman–Crippen LogP) is 1.98. The van der Waals surface area contributed by atoms with Gasteiger partial charge in [-0.15, -0.1) is 24.0 Å². The molecule has 0 amide bonds. The van der Waals surface area contributed by atoms with Gasteiger partial charge in [-0.05, 0) is 37.0 Å². The lowest BCUT2D eigenvalue weighted by Gasteiger charge is -2.15. The SMILES string of the molecule is CN=C(NCCc1ccc(C(=O)OC)cc1)NCC1CCCO1.I. The lowest BCUT2D eigenvalue weighted by atomic mass is 10.1. The molecule has 24 heavy (non-hydrogen) atoms. The minimum Gasteiger partial charge on any atom is -0.465 e. The average Bonchev–Trinajstić information content (AvgIpc) is 3.11. The molecule has 0 saturated carbocycles. The van der Waals surface area contributed by atoms with Gasteiger partial charge in [0.05, 0.1) is 18.8 Å². The Balaban J connectivity index is 0.00000288. The number of benzene rings is 1. The summed E-state index contributed by atoms with van der Waals surface area (Å²) in [5.41, 5.74) is 1.72. The number of rotatable bonds is 6. The number of guanidine groups is 1. The molecular weight excluding hydrogens is 421 g/mol. The second-order valence-corrected chi connectivity index (χ2v) is 5.45. The van der Waals surface area contributed by atoms with Gasteiger partial charge < -0.3 is 20.1 Å². The van der Waals surface area contributed by atoms with E-state index in [1.54, 1.807) is 19.2 Å². The van der Waals surface area contributed by atoms with Crippen molar-refractivity contribution in [3.05, 3.63) is 35.4 Å². The molecule has 0 spiro atoms. The highest BCUT2D eigenvalue weighted by molar-refractivity contribution is 14.0. The summed E-state index contributed by atoms with van der Waals surface area (Å²) in [4.78, 5) is 15.6. The normalized spacial score (nSPS) is 17.1. The monoisotopic (exact) mass is 447 g/mol. The molecule has 2 N–H and O–H groups in total. The van der Waals surface area contributed by atoms with E-state index in [9.17, 15) is 4.79 Å². The zero-order valence-corrected chi connectivity index (χ0v) is 16.5. The number of carbonyl (C=O) groups is 1. The fraction of sp³-hybridized carbons (Fsp3) is 0.529. The third kappa shape index (κ3) is 6.64. The van der Waals surface area contributed by atoms with Crippen molar-refractivity contribution in [2.45, 2.75) is 25.4 Å². The van der Waals surface area contributed by atoms with E-state index < -0.39 is 0 Å². The van der Waals surface area contributed by atoms with Crippen LogP contribution in [0, 0.1) is 0 Å². The smallest absolute Gasteiger partial charge is 0.337 e. The average molecular weight is 447 g/mol. The lowest BCUT2D eigenvalue weighted by Crippen LogP contribution is -2.41. The number of aliphatic imine (C=N–C) groups is 1. The number of hydrogen-bond acceptors (Lipinski definition) is 4. The van der Waals surface area contributed by atoms with Gasteiger partial charge in [0.25, 0.3) is 0 Å². The van der Waals surface area contributed by atoms with Gasteiger partial charge in [0.2, 0.25) is 0 Å². The first-order valence-electron chi connectivity index (χ1n) is 7.96. The van der Waals surface area contributed by atoms with Crippen LogP contribution < -0.4 is 10.6 Å². The molecule has 1 aromatic rings. The van der Waals surface area contributed by atoms with Crippen LogP contribution in [0.5, 0.6) is 0 Å². The quantitative estimate of drug-likeness (QED) is 0.302. The summed E-state index contributed by atoms with van der Waals surface area (Å²) >= 11 is 0. The minimum atomic E-state index is -0.312. The largest absolute Gasteiger partial charge is 0.465 e. The van der Waals surface area contributed by atoms with Crippen LogP contribution in [0.15, 0.2) is 29.3 Å². The first kappa shape index (κ1) is 20.7. The van der Waals surface area contributed by atoms with Crippen LogP contribution in [0.3, 0.4) is 0 Å². The van der Waals surface area contributed by atoms with Crippen LogP contribution in [0.4, 0.5) is 0 Å². The molecule has 1 saturated heterocycles. The van der Waals surface area contributed by atoms with E-state index in [1.807, 2.05) is 12.1 Å². The number of esters is 1. The topological polar surface area (TPSA) is 72.0 Å². The highest BCUT2D eigenvalue weighted by atomic mass is 127. The number of hydrogen-bond donors (Lipinski definition) is 2. The Hall–Kier alpha value is -1.35. The molecule has 7 heteroatoms. The third-order valence-corrected chi connectivity index (χ3v) is 3.83. The van der Waals surface area contributed by atoms with Crippen molar-refractivity contribution in [1.82, 2.24) is 10.6 Å². The zero-order chi connectivity index (χ0) is 16.5. The van der Waals surface area contributed by atoms with Crippen molar-refractivity contribution in [3.8, 4) is 0 Å². The van der Waals surface area contributed by atoms with E-state index in [0.29, 0.717) is 11.7 Å². The maximum absolute atomic E-state index is 11.4. The van der Waals surface area contributed by atoms with Gasteiger partial charge in [-0.25, -0.2) is 4.79 Å². The molecule has 2 rings (SSSR count). The highest BCUT2D eigenvalue weighted by Crippen LogP contribution is 2.10. The van der Waals surface area contributed by atoms with Gasteiger partial charge in [0, 0.05) is 26.7 Å². The summed E-state index contributed by atoms with van der Waals surface area (Å²) in [6, 6.07) is 7.45. The summed E-state index contributed by atoms with van der Waals surface area (Å²) in [6.45, 7) is 2.41. The van der Waals surface area contributed by atoms with Crippen molar-refractivity contribution in [2.24, 2.45) is 4.99 Å². The fourth-order valence-corrected chi connectivity index (χ4v) is 2.49. The van der Waals surface area contributed by atoms with Gasteiger partial charge >= 0.3 is 5.97 Å². The molecule has 1 aliphatic heterocycles. The van der Waals surface area contributed by atoms with Crippen molar-refractivity contribution in [1.29, 1.82) is 0 Å². The molecular formula is C17H26IN3O3. The minimum absolute atomic E-state index is 0. The summed E-state index contributed by atoms with van der Waals surface area (Å²) < 4.78 is 10.3. The molecule has 1 unspecified atom stereocenters. The van der Waals surface area contributed by atoms with Gasteiger partial charge in [-0.2, -0.15) is 0 Å². The number of halogens is 1. The number of ether oxygens (including phenoxy) is 2. The van der Waals surface area contributed by atoms with E-state index in [1.165, 1.54) is 7.11 Å². The predicted molar refractivity (Wildman–Crippen MR) is 105 cm³/mol. The van der Waals surface area contributed by atoms with Gasteiger partial charge in [0.1, 0.15) is 0 Å². The maximum Gasteiger partial charge on any atom is 0.337 e. The first-order chi connectivity index (χ1) is 11.2. The van der Waals surface area contributed by atoms with Crippen LogP contribution in [-0.4, -0.2) is 51.9 Å². The van der Waals surface area contributed by atoms with Crippen LogP contribution in [0.25, 0.3) is 0 Å². The van der Waals surface area contributed by atoms with Crippen LogP contribution in [0.2, 0.25) is 0 Å². The van der Waals surface area contributed by atoms with Crippen molar-refractivity contribution in [2.75, 3.05) is 33.9 Å². The molecule has 0 aromatic heterocycles. The van der Waals surface area contributed by atoms with Crippen LogP contribution >= 0.6 is 24.0 Å². The highest BCUT2D eigenvalue weighted by Gasteiger charge is 2.15. The summed E-state index contributed by atoms with van der Waals surface area (Å²) in [5, 5.41) is 6.56. The Morgan fingerprint density at radius 2 is 2.08 bits per heavy atom. The van der Waals surface area contributed by atoms with Crippen molar-refractivity contribution >= 4 is 35.9 Å². The van der Waals surface area contributed by atoms with Gasteiger partial charge in [0.15, 0.2) is 5.96 Å². The van der Waals surface area contributed by atoms with E-state index in [2.05, 4.69) is 20.4 Å². The molecule has 0 radical (unpaired) electrons. The molecule has 1 aromatic carbocycles. The zero-order valence-electron chi connectivity index (χ0n) is 14.2. The molecule has 1 fully saturated rings. The molecule has 6 nitrogen and oxygen atoms in total. The van der Waals surface area contributed by atoms with Crippen molar-refractivity contribution in [3.63, 3.8) is 0 Å². The van der Waals surface area contributed by atoms with Gasteiger partial charge in [-0.1, -0.05) is 12.1 Å². The second kappa shape index (κ2) is 11.2. The number of nitrogens with zero attached hydrogens (tertiary/aromatic N) is 1. The summed E-state index contributed by atoms with van der Waals surface area (Å²) in [7, 11) is 3.14.